The van der Waals surface area contributed by atoms with Gasteiger partial charge >= 0.3 is 0 Å². The Hall–Kier alpha value is -2.40. The lowest BCUT2D eigenvalue weighted by Crippen LogP contribution is -2.45. The summed E-state index contributed by atoms with van der Waals surface area (Å²) in [6.45, 7) is 4.06. The lowest BCUT2D eigenvalue weighted by Gasteiger charge is -2.33. The lowest BCUT2D eigenvalue weighted by atomic mass is 10.2. The third-order valence-corrected chi connectivity index (χ3v) is 4.13. The van der Waals surface area contributed by atoms with Crippen molar-refractivity contribution in [1.82, 2.24) is 14.9 Å². The summed E-state index contributed by atoms with van der Waals surface area (Å²) >= 11 is 0. The van der Waals surface area contributed by atoms with Gasteiger partial charge in [0.1, 0.15) is 5.82 Å². The second kappa shape index (κ2) is 5.42. The smallest absolute Gasteiger partial charge is 0.198 e. The van der Waals surface area contributed by atoms with Crippen LogP contribution in [0, 0.1) is 0 Å². The molecule has 0 aliphatic carbocycles. The van der Waals surface area contributed by atoms with Gasteiger partial charge in [-0.25, -0.2) is 9.97 Å². The topological polar surface area (TPSA) is 45.4 Å². The van der Waals surface area contributed by atoms with E-state index in [9.17, 15) is 0 Å². The van der Waals surface area contributed by atoms with Crippen LogP contribution in [-0.4, -0.2) is 48.1 Å². The van der Waals surface area contributed by atoms with Gasteiger partial charge in [-0.15, -0.1) is 0 Å². The zero-order chi connectivity index (χ0) is 14.9. The Kier molecular flexibility index (Phi) is 3.27. The molecule has 0 N–H and O–H groups in total. The molecule has 0 saturated carbocycles. The highest BCUT2D eigenvalue weighted by molar-refractivity contribution is 5.90. The number of furan rings is 1. The van der Waals surface area contributed by atoms with Gasteiger partial charge in [-0.3, -0.25) is 0 Å². The van der Waals surface area contributed by atoms with Crippen LogP contribution in [0.25, 0.3) is 22.5 Å². The highest BCUT2D eigenvalue weighted by atomic mass is 16.3. The number of likely N-dealkylation sites (N-methyl/N-ethyl adjacent to an activating group) is 1. The Morgan fingerprint density at radius 1 is 0.955 bits per heavy atom. The van der Waals surface area contributed by atoms with Crippen molar-refractivity contribution in [3.63, 3.8) is 0 Å². The molecule has 5 nitrogen and oxygen atoms in total. The van der Waals surface area contributed by atoms with Crippen molar-refractivity contribution < 1.29 is 4.42 Å². The van der Waals surface area contributed by atoms with Gasteiger partial charge in [-0.2, -0.15) is 0 Å². The quantitative estimate of drug-likeness (QED) is 0.727. The molecule has 3 heterocycles. The van der Waals surface area contributed by atoms with Crippen molar-refractivity contribution in [2.45, 2.75) is 0 Å². The van der Waals surface area contributed by atoms with E-state index >= 15 is 0 Å². The average Bonchev–Trinajstić information content (AvgIpc) is 3.09. The monoisotopic (exact) mass is 294 g/mol. The Labute approximate surface area is 129 Å². The van der Waals surface area contributed by atoms with Crippen LogP contribution in [0.2, 0.25) is 0 Å². The van der Waals surface area contributed by atoms with E-state index in [1.807, 2.05) is 30.3 Å². The number of para-hydroxylation sites is 1. The van der Waals surface area contributed by atoms with E-state index in [1.165, 1.54) is 0 Å². The number of rotatable bonds is 2. The minimum absolute atomic E-state index is 0.651. The molecule has 1 aliphatic rings. The van der Waals surface area contributed by atoms with Gasteiger partial charge in [0.05, 0.1) is 11.8 Å². The minimum Gasteiger partial charge on any atom is -0.461 e. The number of nitrogens with zero attached hydrogens (tertiary/aromatic N) is 4. The summed E-state index contributed by atoms with van der Waals surface area (Å²) in [7, 11) is 2.16. The molecule has 22 heavy (non-hydrogen) atoms. The fourth-order valence-corrected chi connectivity index (χ4v) is 2.84. The predicted molar refractivity (Wildman–Crippen MR) is 87.0 cm³/mol. The normalized spacial score (nSPS) is 16.3. The van der Waals surface area contributed by atoms with Crippen LogP contribution in [0.5, 0.6) is 0 Å². The van der Waals surface area contributed by atoms with Crippen molar-refractivity contribution in [2.24, 2.45) is 0 Å². The van der Waals surface area contributed by atoms with Crippen LogP contribution in [0.1, 0.15) is 0 Å². The van der Waals surface area contributed by atoms with E-state index < -0.39 is 0 Å². The van der Waals surface area contributed by atoms with E-state index in [0.29, 0.717) is 11.6 Å². The minimum atomic E-state index is 0.651. The van der Waals surface area contributed by atoms with Crippen LogP contribution in [0.4, 0.5) is 5.82 Å². The summed E-state index contributed by atoms with van der Waals surface area (Å²) < 4.78 is 5.48. The fourth-order valence-electron chi connectivity index (χ4n) is 2.84. The number of fused-ring (bicyclic) bond motifs is 1. The molecule has 5 heteroatoms. The van der Waals surface area contributed by atoms with Crippen LogP contribution in [0.15, 0.2) is 47.1 Å². The number of hydrogen-bond acceptors (Lipinski definition) is 5. The molecule has 0 radical (unpaired) electrons. The zero-order valence-corrected chi connectivity index (χ0v) is 12.6. The zero-order valence-electron chi connectivity index (χ0n) is 12.6. The molecule has 1 aliphatic heterocycles. The number of hydrogen-bond donors (Lipinski definition) is 0. The number of aromatic nitrogens is 2. The summed E-state index contributed by atoms with van der Waals surface area (Å²) in [6, 6.07) is 11.9. The molecule has 2 aromatic heterocycles. The first-order valence-corrected chi connectivity index (χ1v) is 7.55. The lowest BCUT2D eigenvalue weighted by molar-refractivity contribution is 0.312. The van der Waals surface area contributed by atoms with Crippen LogP contribution in [0.3, 0.4) is 0 Å². The van der Waals surface area contributed by atoms with Crippen LogP contribution in [-0.2, 0) is 0 Å². The molecule has 0 spiro atoms. The van der Waals surface area contributed by atoms with Crippen molar-refractivity contribution >= 4 is 16.7 Å². The summed E-state index contributed by atoms with van der Waals surface area (Å²) in [5, 5.41) is 1.10. The molecule has 0 bridgehead atoms. The molecule has 3 aromatic rings. The molecule has 0 amide bonds. The van der Waals surface area contributed by atoms with E-state index in [2.05, 4.69) is 27.9 Å². The first-order chi connectivity index (χ1) is 10.8. The molecule has 1 fully saturated rings. The summed E-state index contributed by atoms with van der Waals surface area (Å²) in [4.78, 5) is 14.1. The molecule has 1 aromatic carbocycles. The van der Waals surface area contributed by atoms with E-state index in [1.54, 1.807) is 6.26 Å². The highest BCUT2D eigenvalue weighted by Crippen LogP contribution is 2.28. The van der Waals surface area contributed by atoms with Gasteiger partial charge in [0, 0.05) is 31.6 Å². The Morgan fingerprint density at radius 3 is 2.55 bits per heavy atom. The molecule has 4 rings (SSSR count). The van der Waals surface area contributed by atoms with E-state index in [4.69, 9.17) is 9.40 Å². The van der Waals surface area contributed by atoms with Crippen LogP contribution < -0.4 is 4.90 Å². The molecule has 112 valence electrons. The standard InChI is InChI=1S/C17H18N4O/c1-20-8-10-21(11-9-20)17-13-5-2-3-6-14(13)18-16(19-17)15-7-4-12-22-15/h2-7,12H,8-11H2,1H3. The summed E-state index contributed by atoms with van der Waals surface area (Å²) in [5.74, 6) is 2.36. The van der Waals surface area contributed by atoms with Crippen molar-refractivity contribution in [3.05, 3.63) is 42.7 Å². The maximum atomic E-state index is 5.48. The second-order valence-corrected chi connectivity index (χ2v) is 5.66. The van der Waals surface area contributed by atoms with Gasteiger partial charge in [0.2, 0.25) is 0 Å². The van der Waals surface area contributed by atoms with Crippen LogP contribution >= 0.6 is 0 Å². The van der Waals surface area contributed by atoms with Crippen molar-refractivity contribution in [1.29, 1.82) is 0 Å². The molecule has 0 atom stereocenters. The third-order valence-electron chi connectivity index (χ3n) is 4.13. The Balaban J connectivity index is 1.84. The molecule has 1 saturated heterocycles. The number of anilines is 1. The predicted octanol–water partition coefficient (Wildman–Crippen LogP) is 2.64. The van der Waals surface area contributed by atoms with Gasteiger partial charge in [-0.1, -0.05) is 12.1 Å². The van der Waals surface area contributed by atoms with Gasteiger partial charge in [0.25, 0.3) is 0 Å². The van der Waals surface area contributed by atoms with Crippen molar-refractivity contribution in [3.8, 4) is 11.6 Å². The largest absolute Gasteiger partial charge is 0.461 e. The van der Waals surface area contributed by atoms with E-state index in [0.717, 1.165) is 42.9 Å². The number of piperazine rings is 1. The molecular formula is C17H18N4O. The van der Waals surface area contributed by atoms with Gasteiger partial charge < -0.3 is 14.2 Å². The SMILES string of the molecule is CN1CCN(c2nc(-c3ccco3)nc3ccccc23)CC1. The fraction of sp³-hybridized carbons (Fsp3) is 0.294. The maximum absolute atomic E-state index is 5.48. The maximum Gasteiger partial charge on any atom is 0.198 e. The van der Waals surface area contributed by atoms with Gasteiger partial charge in [-0.05, 0) is 31.3 Å². The van der Waals surface area contributed by atoms with Crippen molar-refractivity contribution in [2.75, 3.05) is 38.1 Å². The van der Waals surface area contributed by atoms with E-state index in [-0.39, 0.29) is 0 Å². The summed E-state index contributed by atoms with van der Waals surface area (Å²) in [5.41, 5.74) is 0.956. The second-order valence-electron chi connectivity index (χ2n) is 5.66. The first-order valence-electron chi connectivity index (χ1n) is 7.55. The average molecular weight is 294 g/mol. The molecule has 0 unspecified atom stereocenters. The Morgan fingerprint density at radius 2 is 1.77 bits per heavy atom. The number of benzene rings is 1. The Bertz CT molecular complexity index is 776. The highest BCUT2D eigenvalue weighted by Gasteiger charge is 2.19. The summed E-state index contributed by atoms with van der Waals surface area (Å²) in [6.07, 6.45) is 1.66. The molecular weight excluding hydrogens is 276 g/mol. The first kappa shape index (κ1) is 13.3. The van der Waals surface area contributed by atoms with Gasteiger partial charge in [0.15, 0.2) is 11.6 Å². The third kappa shape index (κ3) is 2.33.